The zero-order valence-electron chi connectivity index (χ0n) is 17.0. The van der Waals surface area contributed by atoms with Crippen LogP contribution in [0.4, 0.5) is 0 Å². The number of aromatic nitrogens is 3. The molecule has 3 rings (SSSR count). The van der Waals surface area contributed by atoms with Crippen LogP contribution in [0.3, 0.4) is 0 Å². The van der Waals surface area contributed by atoms with Crippen molar-refractivity contribution in [2.24, 2.45) is 0 Å². The van der Waals surface area contributed by atoms with Crippen LogP contribution in [0.2, 0.25) is 0 Å². The predicted octanol–water partition coefficient (Wildman–Crippen LogP) is 1.93. The summed E-state index contributed by atoms with van der Waals surface area (Å²) in [5.41, 5.74) is 3.58. The molecule has 30 heavy (non-hydrogen) atoms. The van der Waals surface area contributed by atoms with Crippen molar-refractivity contribution in [2.75, 3.05) is 6.54 Å². The number of benzene rings is 2. The van der Waals surface area contributed by atoms with Crippen molar-refractivity contribution in [3.63, 3.8) is 0 Å². The summed E-state index contributed by atoms with van der Waals surface area (Å²) in [6.07, 6.45) is 3.21. The minimum absolute atomic E-state index is 0.0401. The average molecular weight is 428 g/mol. The number of nitrogens with one attached hydrogen (secondary N) is 2. The van der Waals surface area contributed by atoms with Crippen molar-refractivity contribution in [1.82, 2.24) is 24.8 Å². The number of amides is 1. The Hall–Kier alpha value is -3.04. The summed E-state index contributed by atoms with van der Waals surface area (Å²) in [5, 5.41) is 6.88. The molecular weight excluding hydrogens is 402 g/mol. The second-order valence-electron chi connectivity index (χ2n) is 7.10. The van der Waals surface area contributed by atoms with Crippen LogP contribution < -0.4 is 10.0 Å². The second kappa shape index (κ2) is 9.64. The molecule has 0 saturated carbocycles. The van der Waals surface area contributed by atoms with Crippen molar-refractivity contribution in [2.45, 2.75) is 38.3 Å². The molecule has 0 saturated heterocycles. The highest BCUT2D eigenvalue weighted by molar-refractivity contribution is 7.89. The van der Waals surface area contributed by atoms with Gasteiger partial charge in [-0.15, -0.1) is 0 Å². The van der Waals surface area contributed by atoms with Crippen LogP contribution in [0, 0.1) is 13.8 Å². The summed E-state index contributed by atoms with van der Waals surface area (Å²) in [6.45, 7) is 4.64. The molecule has 0 aliphatic rings. The quantitative estimate of drug-likeness (QED) is 0.543. The van der Waals surface area contributed by atoms with Gasteiger partial charge in [-0.2, -0.15) is 5.10 Å². The van der Waals surface area contributed by atoms with Crippen LogP contribution in [0.15, 0.2) is 60.0 Å². The maximum absolute atomic E-state index is 12.5. The first kappa shape index (κ1) is 21.7. The molecule has 0 aliphatic heterocycles. The minimum atomic E-state index is -3.64. The Labute approximate surface area is 176 Å². The van der Waals surface area contributed by atoms with Crippen LogP contribution in [-0.2, 0) is 27.9 Å². The van der Waals surface area contributed by atoms with Crippen LogP contribution >= 0.6 is 0 Å². The number of aryl methyl sites for hydroxylation is 2. The van der Waals surface area contributed by atoms with Gasteiger partial charge in [-0.05, 0) is 42.2 Å². The van der Waals surface area contributed by atoms with Crippen LogP contribution in [0.1, 0.15) is 28.7 Å². The van der Waals surface area contributed by atoms with Gasteiger partial charge in [-0.3, -0.25) is 4.79 Å². The molecule has 0 spiro atoms. The van der Waals surface area contributed by atoms with Crippen LogP contribution in [-0.4, -0.2) is 35.6 Å². The average Bonchev–Trinajstić information content (AvgIpc) is 3.22. The maximum atomic E-state index is 12.5. The van der Waals surface area contributed by atoms with E-state index in [0.717, 1.165) is 16.7 Å². The number of sulfonamides is 1. The summed E-state index contributed by atoms with van der Waals surface area (Å²) in [5.74, 6) is -0.217. The van der Waals surface area contributed by atoms with Gasteiger partial charge in [0.1, 0.15) is 12.7 Å². The zero-order valence-corrected chi connectivity index (χ0v) is 17.8. The molecule has 0 aliphatic carbocycles. The molecule has 158 valence electrons. The molecule has 0 atom stereocenters. The number of rotatable bonds is 9. The van der Waals surface area contributed by atoms with E-state index in [4.69, 9.17) is 0 Å². The van der Waals surface area contributed by atoms with Crippen LogP contribution in [0.5, 0.6) is 0 Å². The third-order valence-corrected chi connectivity index (χ3v) is 6.20. The zero-order chi connectivity index (χ0) is 21.6. The normalized spacial score (nSPS) is 11.4. The highest BCUT2D eigenvalue weighted by Crippen LogP contribution is 2.16. The monoisotopic (exact) mass is 427 g/mol. The molecule has 3 aromatic rings. The topological polar surface area (TPSA) is 106 Å². The first-order valence-corrected chi connectivity index (χ1v) is 11.1. The van der Waals surface area contributed by atoms with Gasteiger partial charge in [-0.1, -0.05) is 36.4 Å². The summed E-state index contributed by atoms with van der Waals surface area (Å²) < 4.78 is 29.1. The van der Waals surface area contributed by atoms with E-state index >= 15 is 0 Å². The van der Waals surface area contributed by atoms with Gasteiger partial charge in [0.05, 0.1) is 11.4 Å². The predicted molar refractivity (Wildman–Crippen MR) is 113 cm³/mol. The van der Waals surface area contributed by atoms with Crippen molar-refractivity contribution < 1.29 is 13.2 Å². The first-order chi connectivity index (χ1) is 14.3. The Morgan fingerprint density at radius 2 is 1.80 bits per heavy atom. The van der Waals surface area contributed by atoms with E-state index in [1.54, 1.807) is 30.1 Å². The van der Waals surface area contributed by atoms with Crippen molar-refractivity contribution >= 4 is 15.9 Å². The van der Waals surface area contributed by atoms with E-state index < -0.39 is 10.0 Å². The molecule has 1 aromatic heterocycles. The van der Waals surface area contributed by atoms with E-state index in [1.807, 2.05) is 37.3 Å². The number of carbonyl (C=O) groups is 1. The highest BCUT2D eigenvalue weighted by atomic mass is 32.2. The molecule has 9 heteroatoms. The SMILES string of the molecule is Cc1ccc(C)c(S(=O)(=O)NCCC(=O)NCc2ccc(Cn3cncn3)cc2)c1. The lowest BCUT2D eigenvalue weighted by molar-refractivity contribution is -0.121. The lowest BCUT2D eigenvalue weighted by Gasteiger charge is -2.10. The van der Waals surface area contributed by atoms with Crippen molar-refractivity contribution in [1.29, 1.82) is 0 Å². The molecule has 1 heterocycles. The summed E-state index contributed by atoms with van der Waals surface area (Å²) in [6, 6.07) is 13.1. The Bertz CT molecular complexity index is 1090. The van der Waals surface area contributed by atoms with E-state index in [9.17, 15) is 13.2 Å². The standard InChI is InChI=1S/C21H25N5O3S/c1-16-3-4-17(2)20(11-16)30(28,29)25-10-9-21(27)23-12-18-5-7-19(8-6-18)13-26-15-22-14-24-26/h3-8,11,14-15,25H,9-10,12-13H2,1-2H3,(H,23,27). The van der Waals surface area contributed by atoms with E-state index in [2.05, 4.69) is 20.1 Å². The Kier molecular flexibility index (Phi) is 6.96. The van der Waals surface area contributed by atoms with Gasteiger partial charge in [0.15, 0.2) is 0 Å². The largest absolute Gasteiger partial charge is 0.352 e. The van der Waals surface area contributed by atoms with Gasteiger partial charge in [0, 0.05) is 19.5 Å². The van der Waals surface area contributed by atoms with Gasteiger partial charge in [0.25, 0.3) is 0 Å². The first-order valence-electron chi connectivity index (χ1n) is 9.57. The van der Waals surface area contributed by atoms with E-state index in [-0.39, 0.29) is 23.8 Å². The van der Waals surface area contributed by atoms with Crippen LogP contribution in [0.25, 0.3) is 0 Å². The lowest BCUT2D eigenvalue weighted by atomic mass is 10.1. The maximum Gasteiger partial charge on any atom is 0.240 e. The number of nitrogens with zero attached hydrogens (tertiary/aromatic N) is 3. The Morgan fingerprint density at radius 1 is 1.07 bits per heavy atom. The number of hydrogen-bond donors (Lipinski definition) is 2. The molecule has 0 unspecified atom stereocenters. The second-order valence-corrected chi connectivity index (χ2v) is 8.84. The fourth-order valence-electron chi connectivity index (χ4n) is 2.93. The molecule has 2 aromatic carbocycles. The molecule has 1 amide bonds. The third-order valence-electron chi connectivity index (χ3n) is 4.60. The van der Waals surface area contributed by atoms with Crippen molar-refractivity contribution in [3.8, 4) is 0 Å². The number of carbonyl (C=O) groups excluding carboxylic acids is 1. The minimum Gasteiger partial charge on any atom is -0.352 e. The van der Waals surface area contributed by atoms with Crippen molar-refractivity contribution in [3.05, 3.63) is 77.4 Å². The molecule has 0 fully saturated rings. The third kappa shape index (κ3) is 5.98. The molecule has 2 N–H and O–H groups in total. The van der Waals surface area contributed by atoms with Gasteiger partial charge >= 0.3 is 0 Å². The Balaban J connectivity index is 1.44. The number of hydrogen-bond acceptors (Lipinski definition) is 5. The molecule has 0 bridgehead atoms. The lowest BCUT2D eigenvalue weighted by Crippen LogP contribution is -2.31. The fourth-order valence-corrected chi connectivity index (χ4v) is 4.29. The molecule has 0 radical (unpaired) electrons. The summed E-state index contributed by atoms with van der Waals surface area (Å²) >= 11 is 0. The van der Waals surface area contributed by atoms with Gasteiger partial charge < -0.3 is 5.32 Å². The van der Waals surface area contributed by atoms with E-state index in [0.29, 0.717) is 18.7 Å². The van der Waals surface area contributed by atoms with Gasteiger partial charge in [-0.25, -0.2) is 22.8 Å². The smallest absolute Gasteiger partial charge is 0.240 e. The summed E-state index contributed by atoms with van der Waals surface area (Å²) in [4.78, 5) is 16.2. The molecule has 8 nitrogen and oxygen atoms in total. The fraction of sp³-hybridized carbons (Fsp3) is 0.286. The van der Waals surface area contributed by atoms with E-state index in [1.165, 1.54) is 6.33 Å². The van der Waals surface area contributed by atoms with Gasteiger partial charge in [0.2, 0.25) is 15.9 Å². The molecular formula is C21H25N5O3S. The highest BCUT2D eigenvalue weighted by Gasteiger charge is 2.17. The summed E-state index contributed by atoms with van der Waals surface area (Å²) in [7, 11) is -3.64. The Morgan fingerprint density at radius 3 is 2.50 bits per heavy atom.